The van der Waals surface area contributed by atoms with E-state index in [4.69, 9.17) is 0 Å². The minimum atomic E-state index is 0.00808. The molecule has 0 unspecified atom stereocenters. The zero-order valence-electron chi connectivity index (χ0n) is 10.9. The summed E-state index contributed by atoms with van der Waals surface area (Å²) in [5.41, 5.74) is 2.13. The summed E-state index contributed by atoms with van der Waals surface area (Å²) in [5.74, 6) is 0.00808. The molecule has 0 saturated carbocycles. The molecule has 0 spiro atoms. The van der Waals surface area contributed by atoms with E-state index in [2.05, 4.69) is 26.2 Å². The lowest BCUT2D eigenvalue weighted by Gasteiger charge is -2.02. The van der Waals surface area contributed by atoms with Gasteiger partial charge in [-0.15, -0.1) is 11.3 Å². The molecule has 19 heavy (non-hydrogen) atoms. The van der Waals surface area contributed by atoms with Crippen LogP contribution >= 0.6 is 27.3 Å². The molecule has 1 amide bonds. The molecule has 0 aliphatic carbocycles. The van der Waals surface area contributed by atoms with Gasteiger partial charge in [0.2, 0.25) is 5.91 Å². The number of carbonyl (C=O) groups excluding carboxylic acids is 1. The van der Waals surface area contributed by atoms with Crippen LogP contribution in [0.15, 0.2) is 28.7 Å². The Hall–Kier alpha value is -1.20. The van der Waals surface area contributed by atoms with Crippen LogP contribution in [-0.4, -0.2) is 10.9 Å². The van der Waals surface area contributed by atoms with Gasteiger partial charge in [0.25, 0.3) is 0 Å². The van der Waals surface area contributed by atoms with Crippen LogP contribution in [0.5, 0.6) is 0 Å². The first-order valence-corrected chi connectivity index (χ1v) is 7.64. The SMILES string of the molecule is Cc1nc(NC(=O)CCc2cccc(Br)c2)sc1C. The number of halogens is 1. The summed E-state index contributed by atoms with van der Waals surface area (Å²) in [5, 5.41) is 3.53. The van der Waals surface area contributed by atoms with E-state index < -0.39 is 0 Å². The Kier molecular flexibility index (Phi) is 4.71. The van der Waals surface area contributed by atoms with Gasteiger partial charge in [0.05, 0.1) is 5.69 Å². The first kappa shape index (κ1) is 14.2. The maximum atomic E-state index is 11.8. The lowest BCUT2D eigenvalue weighted by atomic mass is 10.1. The molecular formula is C14H15BrN2OS. The van der Waals surface area contributed by atoms with Gasteiger partial charge >= 0.3 is 0 Å². The van der Waals surface area contributed by atoms with E-state index in [1.807, 2.05) is 38.1 Å². The molecule has 0 aliphatic rings. The molecule has 0 atom stereocenters. The van der Waals surface area contributed by atoms with Crippen molar-refractivity contribution in [3.8, 4) is 0 Å². The monoisotopic (exact) mass is 338 g/mol. The Morgan fingerprint density at radius 2 is 2.21 bits per heavy atom. The standard InChI is InChI=1S/C14H15BrN2OS/c1-9-10(2)19-14(16-9)17-13(18)7-6-11-4-3-5-12(15)8-11/h3-5,8H,6-7H2,1-2H3,(H,16,17,18). The van der Waals surface area contributed by atoms with E-state index in [-0.39, 0.29) is 5.91 Å². The van der Waals surface area contributed by atoms with Crippen LogP contribution in [0.3, 0.4) is 0 Å². The van der Waals surface area contributed by atoms with Crippen molar-refractivity contribution in [3.63, 3.8) is 0 Å². The number of aromatic nitrogens is 1. The topological polar surface area (TPSA) is 42.0 Å². The van der Waals surface area contributed by atoms with Crippen LogP contribution < -0.4 is 5.32 Å². The zero-order valence-corrected chi connectivity index (χ0v) is 13.3. The second-order valence-corrected chi connectivity index (χ2v) is 6.46. The van der Waals surface area contributed by atoms with E-state index in [1.54, 1.807) is 0 Å². The third-order valence-corrected chi connectivity index (χ3v) is 4.29. The number of hydrogen-bond donors (Lipinski definition) is 1. The van der Waals surface area contributed by atoms with Crippen molar-refractivity contribution in [1.29, 1.82) is 0 Å². The Balaban J connectivity index is 1.88. The number of nitrogens with one attached hydrogen (secondary N) is 1. The number of hydrogen-bond acceptors (Lipinski definition) is 3. The zero-order chi connectivity index (χ0) is 13.8. The van der Waals surface area contributed by atoms with Crippen molar-refractivity contribution in [2.45, 2.75) is 26.7 Å². The van der Waals surface area contributed by atoms with Crippen LogP contribution in [-0.2, 0) is 11.2 Å². The van der Waals surface area contributed by atoms with E-state index in [1.165, 1.54) is 11.3 Å². The van der Waals surface area contributed by atoms with Crippen LogP contribution in [0.1, 0.15) is 22.6 Å². The molecule has 1 aromatic carbocycles. The van der Waals surface area contributed by atoms with Gasteiger partial charge in [0.15, 0.2) is 5.13 Å². The van der Waals surface area contributed by atoms with Crippen LogP contribution in [0, 0.1) is 13.8 Å². The summed E-state index contributed by atoms with van der Waals surface area (Å²) in [7, 11) is 0. The summed E-state index contributed by atoms with van der Waals surface area (Å²) >= 11 is 4.94. The van der Waals surface area contributed by atoms with Gasteiger partial charge in [-0.1, -0.05) is 28.1 Å². The van der Waals surface area contributed by atoms with Gasteiger partial charge in [-0.05, 0) is 38.0 Å². The van der Waals surface area contributed by atoms with Gasteiger partial charge in [0.1, 0.15) is 0 Å². The molecule has 100 valence electrons. The maximum Gasteiger partial charge on any atom is 0.226 e. The number of thiazole rings is 1. The Bertz CT molecular complexity index is 575. The van der Waals surface area contributed by atoms with Crippen molar-refractivity contribution in [2.75, 3.05) is 5.32 Å². The van der Waals surface area contributed by atoms with Gasteiger partial charge in [-0.25, -0.2) is 4.98 Å². The smallest absolute Gasteiger partial charge is 0.226 e. The second kappa shape index (κ2) is 6.30. The van der Waals surface area contributed by atoms with Crippen molar-refractivity contribution >= 4 is 38.3 Å². The summed E-state index contributed by atoms with van der Waals surface area (Å²) < 4.78 is 1.04. The molecule has 1 N–H and O–H groups in total. The summed E-state index contributed by atoms with van der Waals surface area (Å²) in [6.45, 7) is 3.95. The molecule has 1 heterocycles. The number of carbonyl (C=O) groups is 1. The molecule has 5 heteroatoms. The normalized spacial score (nSPS) is 10.5. The third-order valence-electron chi connectivity index (χ3n) is 2.80. The molecule has 2 rings (SSSR count). The van der Waals surface area contributed by atoms with E-state index in [9.17, 15) is 4.79 Å². The predicted molar refractivity (Wildman–Crippen MR) is 82.7 cm³/mol. The summed E-state index contributed by atoms with van der Waals surface area (Å²) in [6, 6.07) is 8.01. The van der Waals surface area contributed by atoms with Gasteiger partial charge in [0, 0.05) is 15.8 Å². The molecule has 0 bridgehead atoms. The first-order chi connectivity index (χ1) is 9.04. The third kappa shape index (κ3) is 4.14. The number of rotatable bonds is 4. The molecule has 0 aliphatic heterocycles. The summed E-state index contributed by atoms with van der Waals surface area (Å²) in [4.78, 5) is 17.3. The molecule has 3 nitrogen and oxygen atoms in total. The van der Waals surface area contributed by atoms with E-state index in [0.717, 1.165) is 27.0 Å². The first-order valence-electron chi connectivity index (χ1n) is 6.03. The highest BCUT2D eigenvalue weighted by Crippen LogP contribution is 2.21. The Morgan fingerprint density at radius 1 is 1.42 bits per heavy atom. The lowest BCUT2D eigenvalue weighted by Crippen LogP contribution is -2.12. The lowest BCUT2D eigenvalue weighted by molar-refractivity contribution is -0.116. The highest BCUT2D eigenvalue weighted by atomic mass is 79.9. The summed E-state index contributed by atoms with van der Waals surface area (Å²) in [6.07, 6.45) is 1.20. The largest absolute Gasteiger partial charge is 0.302 e. The van der Waals surface area contributed by atoms with E-state index in [0.29, 0.717) is 11.6 Å². The number of anilines is 1. The number of nitrogens with zero attached hydrogens (tertiary/aromatic N) is 1. The average molecular weight is 339 g/mol. The molecule has 0 radical (unpaired) electrons. The van der Waals surface area contributed by atoms with Gasteiger partial charge in [-0.3, -0.25) is 4.79 Å². The maximum absolute atomic E-state index is 11.8. The fourth-order valence-corrected chi connectivity index (χ4v) is 2.94. The molecule has 2 aromatic rings. The van der Waals surface area contributed by atoms with Crippen molar-refractivity contribution in [2.24, 2.45) is 0 Å². The highest BCUT2D eigenvalue weighted by molar-refractivity contribution is 9.10. The number of benzene rings is 1. The highest BCUT2D eigenvalue weighted by Gasteiger charge is 2.08. The molecule has 1 aromatic heterocycles. The van der Waals surface area contributed by atoms with Gasteiger partial charge < -0.3 is 5.32 Å². The predicted octanol–water partition coefficient (Wildman–Crippen LogP) is 4.09. The fraction of sp³-hybridized carbons (Fsp3) is 0.286. The van der Waals surface area contributed by atoms with Crippen molar-refractivity contribution < 1.29 is 4.79 Å². The Labute approximate surface area is 125 Å². The minimum Gasteiger partial charge on any atom is -0.302 e. The van der Waals surface area contributed by atoms with Crippen molar-refractivity contribution in [1.82, 2.24) is 4.98 Å². The molecular weight excluding hydrogens is 324 g/mol. The van der Waals surface area contributed by atoms with Crippen LogP contribution in [0.2, 0.25) is 0 Å². The minimum absolute atomic E-state index is 0.00808. The number of amides is 1. The van der Waals surface area contributed by atoms with Gasteiger partial charge in [-0.2, -0.15) is 0 Å². The average Bonchev–Trinajstić information content (AvgIpc) is 2.66. The van der Waals surface area contributed by atoms with Crippen molar-refractivity contribution in [3.05, 3.63) is 44.9 Å². The molecule has 0 fully saturated rings. The molecule has 0 saturated heterocycles. The van der Waals surface area contributed by atoms with E-state index >= 15 is 0 Å². The second-order valence-electron chi connectivity index (χ2n) is 4.34. The fourth-order valence-electron chi connectivity index (χ4n) is 1.66. The number of aryl methyl sites for hydroxylation is 3. The Morgan fingerprint density at radius 3 is 2.84 bits per heavy atom. The van der Waals surface area contributed by atoms with Crippen LogP contribution in [0.25, 0.3) is 0 Å². The quantitative estimate of drug-likeness (QED) is 0.911. The van der Waals surface area contributed by atoms with Crippen LogP contribution in [0.4, 0.5) is 5.13 Å².